The van der Waals surface area contributed by atoms with Crippen molar-refractivity contribution in [1.29, 1.82) is 0 Å². The molecule has 3 rings (SSSR count). The summed E-state index contributed by atoms with van der Waals surface area (Å²) in [6.07, 6.45) is 29.0. The third-order valence-electron chi connectivity index (χ3n) is 10.8. The topological polar surface area (TPSA) is 21.6 Å². The predicted molar refractivity (Wildman–Crippen MR) is 158 cm³/mol. The first-order valence-corrected chi connectivity index (χ1v) is 16.8. The van der Waals surface area contributed by atoms with Gasteiger partial charge in [0.2, 0.25) is 0 Å². The molecule has 0 radical (unpaired) electrons. The van der Waals surface area contributed by atoms with E-state index in [0.29, 0.717) is 19.1 Å². The largest absolute Gasteiger partial charge is 0.375 e. The van der Waals surface area contributed by atoms with E-state index in [1.807, 2.05) is 0 Å². The molecule has 3 fully saturated rings. The number of alkyl halides is 1. The lowest BCUT2D eigenvalue weighted by atomic mass is 9.64. The first-order valence-electron chi connectivity index (χ1n) is 16.8. The highest BCUT2D eigenvalue weighted by molar-refractivity contribution is 5.26. The predicted octanol–water partition coefficient (Wildman–Crippen LogP) is 10.7. The molecule has 2 nitrogen and oxygen atoms in total. The fraction of sp³-hybridized carbons (Fsp3) is 0.971. The number of nitrogens with zero attached hydrogens (tertiary/aromatic N) is 1. The fourth-order valence-electron chi connectivity index (χ4n) is 8.12. The van der Waals surface area contributed by atoms with E-state index in [2.05, 4.69) is 20.6 Å². The van der Waals surface area contributed by atoms with Gasteiger partial charge in [0, 0.05) is 0 Å². The molecule has 3 saturated carbocycles. The Kier molecular flexibility index (Phi) is 14.5. The third-order valence-corrected chi connectivity index (χ3v) is 10.8. The van der Waals surface area contributed by atoms with Gasteiger partial charge >= 0.3 is 0 Å². The standard InChI is InChI=1S/C34H62FNO/c1-4-6-8-10-12-24-34(36-3)25-22-31(23-26-34)29-16-14-28(15-17-29)30-18-20-33(21-19-30)37-27-32(35)13-11-9-7-5-2/h28-33H,3-27H2,1-2H3. The van der Waals surface area contributed by atoms with E-state index in [4.69, 9.17) is 9.73 Å². The molecular formula is C34H62FNO. The first-order chi connectivity index (χ1) is 18.1. The quantitative estimate of drug-likeness (QED) is 0.138. The minimum Gasteiger partial charge on any atom is -0.375 e. The molecule has 0 aliphatic heterocycles. The monoisotopic (exact) mass is 519 g/mol. The Labute approximate surface area is 230 Å². The second-order valence-corrected chi connectivity index (χ2v) is 13.4. The molecule has 216 valence electrons. The number of ether oxygens (including phenoxy) is 1. The van der Waals surface area contributed by atoms with Crippen LogP contribution in [0.4, 0.5) is 4.39 Å². The summed E-state index contributed by atoms with van der Waals surface area (Å²) < 4.78 is 20.2. The molecule has 1 unspecified atom stereocenters. The normalized spacial score (nSPS) is 33.8. The van der Waals surface area contributed by atoms with Crippen LogP contribution in [0.5, 0.6) is 0 Å². The van der Waals surface area contributed by atoms with Gasteiger partial charge in [-0.25, -0.2) is 4.39 Å². The second kappa shape index (κ2) is 17.3. The zero-order valence-electron chi connectivity index (χ0n) is 24.9. The lowest BCUT2D eigenvalue weighted by Crippen LogP contribution is -2.36. The first kappa shape index (κ1) is 31.1. The van der Waals surface area contributed by atoms with Crippen molar-refractivity contribution in [3.8, 4) is 0 Å². The Morgan fingerprint density at radius 2 is 1.19 bits per heavy atom. The number of halogens is 1. The molecule has 0 N–H and O–H groups in total. The maximum Gasteiger partial charge on any atom is 0.123 e. The molecule has 0 aromatic carbocycles. The van der Waals surface area contributed by atoms with Crippen LogP contribution in [0.2, 0.25) is 0 Å². The number of hydrogen-bond donors (Lipinski definition) is 0. The molecule has 37 heavy (non-hydrogen) atoms. The van der Waals surface area contributed by atoms with E-state index in [1.165, 1.54) is 116 Å². The van der Waals surface area contributed by atoms with Gasteiger partial charge in [-0.3, -0.25) is 4.99 Å². The molecule has 0 aromatic heterocycles. The highest BCUT2D eigenvalue weighted by Gasteiger charge is 2.38. The van der Waals surface area contributed by atoms with Crippen LogP contribution < -0.4 is 0 Å². The Morgan fingerprint density at radius 1 is 0.703 bits per heavy atom. The maximum atomic E-state index is 14.2. The lowest BCUT2D eigenvalue weighted by molar-refractivity contribution is -0.0183. The van der Waals surface area contributed by atoms with Crippen molar-refractivity contribution in [1.82, 2.24) is 0 Å². The van der Waals surface area contributed by atoms with Crippen LogP contribution in [0.15, 0.2) is 4.99 Å². The lowest BCUT2D eigenvalue weighted by Gasteiger charge is -2.43. The summed E-state index contributed by atoms with van der Waals surface area (Å²) in [5.74, 6) is 3.73. The average molecular weight is 520 g/mol. The molecule has 0 aromatic rings. The van der Waals surface area contributed by atoms with E-state index in [0.717, 1.165) is 49.4 Å². The van der Waals surface area contributed by atoms with E-state index >= 15 is 0 Å². The Balaban J connectivity index is 1.28. The molecule has 0 saturated heterocycles. The summed E-state index contributed by atoms with van der Waals surface area (Å²) in [5.41, 5.74) is 0.206. The molecule has 0 amide bonds. The van der Waals surface area contributed by atoms with Crippen LogP contribution in [0.25, 0.3) is 0 Å². The van der Waals surface area contributed by atoms with Gasteiger partial charge in [-0.15, -0.1) is 0 Å². The smallest absolute Gasteiger partial charge is 0.123 e. The Bertz CT molecular complexity index is 585. The summed E-state index contributed by atoms with van der Waals surface area (Å²) >= 11 is 0. The van der Waals surface area contributed by atoms with Crippen molar-refractivity contribution in [3.63, 3.8) is 0 Å². The molecule has 1 atom stereocenters. The zero-order valence-corrected chi connectivity index (χ0v) is 24.9. The van der Waals surface area contributed by atoms with E-state index in [9.17, 15) is 4.39 Å². The van der Waals surface area contributed by atoms with Crippen LogP contribution in [-0.4, -0.2) is 31.1 Å². The minimum atomic E-state index is -0.761. The molecule has 0 heterocycles. The fourth-order valence-corrected chi connectivity index (χ4v) is 8.12. The van der Waals surface area contributed by atoms with Crippen LogP contribution in [0, 0.1) is 23.7 Å². The van der Waals surface area contributed by atoms with Gasteiger partial charge in [-0.05, 0) is 120 Å². The van der Waals surface area contributed by atoms with Crippen molar-refractivity contribution in [2.75, 3.05) is 6.61 Å². The zero-order chi connectivity index (χ0) is 26.3. The van der Waals surface area contributed by atoms with Gasteiger partial charge in [0.1, 0.15) is 6.17 Å². The Hall–Kier alpha value is -0.440. The van der Waals surface area contributed by atoms with E-state index in [1.54, 1.807) is 0 Å². The summed E-state index contributed by atoms with van der Waals surface area (Å²) in [6, 6.07) is 0. The summed E-state index contributed by atoms with van der Waals surface area (Å²) in [5, 5.41) is 0. The van der Waals surface area contributed by atoms with Gasteiger partial charge < -0.3 is 4.74 Å². The van der Waals surface area contributed by atoms with Crippen LogP contribution in [0.1, 0.15) is 162 Å². The Morgan fingerprint density at radius 3 is 1.73 bits per heavy atom. The van der Waals surface area contributed by atoms with E-state index in [-0.39, 0.29) is 5.54 Å². The van der Waals surface area contributed by atoms with Gasteiger partial charge in [-0.2, -0.15) is 0 Å². The van der Waals surface area contributed by atoms with Crippen LogP contribution in [0.3, 0.4) is 0 Å². The summed E-state index contributed by atoms with van der Waals surface area (Å²) in [6.45, 7) is 8.86. The van der Waals surface area contributed by atoms with Crippen molar-refractivity contribution >= 4 is 6.72 Å². The maximum absolute atomic E-state index is 14.2. The average Bonchev–Trinajstić information content (AvgIpc) is 2.95. The van der Waals surface area contributed by atoms with Gasteiger partial charge in [0.25, 0.3) is 0 Å². The van der Waals surface area contributed by atoms with Gasteiger partial charge in [-0.1, -0.05) is 71.6 Å². The molecule has 3 heteroatoms. The third kappa shape index (κ3) is 10.6. The second-order valence-electron chi connectivity index (χ2n) is 13.4. The van der Waals surface area contributed by atoms with Crippen LogP contribution >= 0.6 is 0 Å². The number of aliphatic imine (C=N–C) groups is 1. The number of unbranched alkanes of at least 4 members (excludes halogenated alkanes) is 7. The van der Waals surface area contributed by atoms with Gasteiger partial charge in [0.05, 0.1) is 18.2 Å². The molecule has 3 aliphatic carbocycles. The van der Waals surface area contributed by atoms with E-state index < -0.39 is 6.17 Å². The summed E-state index contributed by atoms with van der Waals surface area (Å²) in [7, 11) is 0. The van der Waals surface area contributed by atoms with Crippen molar-refractivity contribution < 1.29 is 9.13 Å². The molecular weight excluding hydrogens is 457 g/mol. The number of rotatable bonds is 17. The van der Waals surface area contributed by atoms with Crippen LogP contribution in [-0.2, 0) is 4.74 Å². The van der Waals surface area contributed by atoms with Crippen molar-refractivity contribution in [3.05, 3.63) is 0 Å². The van der Waals surface area contributed by atoms with Crippen molar-refractivity contribution in [2.24, 2.45) is 28.7 Å². The number of hydrogen-bond acceptors (Lipinski definition) is 2. The molecule has 3 aliphatic rings. The highest BCUT2D eigenvalue weighted by Crippen LogP contribution is 2.47. The minimum absolute atomic E-state index is 0.206. The van der Waals surface area contributed by atoms with Gasteiger partial charge in [0.15, 0.2) is 0 Å². The highest BCUT2D eigenvalue weighted by atomic mass is 19.1. The molecule has 0 bridgehead atoms. The SMILES string of the molecule is C=NC1(CCCCCCC)CCC(C2CCC(C3CCC(OCC(F)CCCCCC)CC3)CC2)CC1. The molecule has 0 spiro atoms. The summed E-state index contributed by atoms with van der Waals surface area (Å²) in [4.78, 5) is 4.72. The van der Waals surface area contributed by atoms with Crippen molar-refractivity contribution in [2.45, 2.75) is 179 Å².